The van der Waals surface area contributed by atoms with Gasteiger partial charge in [0.15, 0.2) is 0 Å². The summed E-state index contributed by atoms with van der Waals surface area (Å²) in [6.45, 7) is 0. The first-order chi connectivity index (χ1) is 11.4. The molecule has 110 valence electrons. The van der Waals surface area contributed by atoms with E-state index in [9.17, 15) is 0 Å². The van der Waals surface area contributed by atoms with Gasteiger partial charge in [0.25, 0.3) is 0 Å². The number of aromatic nitrogens is 4. The summed E-state index contributed by atoms with van der Waals surface area (Å²) in [4.78, 5) is 8.98. The first kappa shape index (κ1) is 13.4. The van der Waals surface area contributed by atoms with Gasteiger partial charge in [-0.15, -0.1) is 0 Å². The fourth-order valence-corrected chi connectivity index (χ4v) is 2.37. The van der Waals surface area contributed by atoms with Crippen LogP contribution in [0.1, 0.15) is 11.4 Å². The molecule has 0 aliphatic carbocycles. The van der Waals surface area contributed by atoms with Crippen LogP contribution in [0.15, 0.2) is 73.1 Å². The van der Waals surface area contributed by atoms with Gasteiger partial charge in [0, 0.05) is 6.20 Å². The Balaban J connectivity index is 1.59. The number of para-hydroxylation sites is 3. The minimum Gasteiger partial charge on any atom is -0.252 e. The van der Waals surface area contributed by atoms with Crippen molar-refractivity contribution in [2.24, 2.45) is 0 Å². The molecule has 0 aliphatic rings. The third-order valence-electron chi connectivity index (χ3n) is 3.52. The maximum atomic E-state index is 4.57. The molecule has 23 heavy (non-hydrogen) atoms. The summed E-state index contributed by atoms with van der Waals surface area (Å²) in [5.41, 5.74) is 4.53. The largest absolute Gasteiger partial charge is 0.252 e. The lowest BCUT2D eigenvalue weighted by Gasteiger charge is -1.99. The van der Waals surface area contributed by atoms with E-state index < -0.39 is 0 Å². The second kappa shape index (κ2) is 5.85. The molecule has 0 atom stereocenters. The number of nitrogens with zero attached hydrogens (tertiary/aromatic N) is 4. The van der Waals surface area contributed by atoms with Crippen LogP contribution in [-0.4, -0.2) is 19.7 Å². The molecule has 0 saturated carbocycles. The van der Waals surface area contributed by atoms with Crippen molar-refractivity contribution < 1.29 is 0 Å². The van der Waals surface area contributed by atoms with Crippen LogP contribution in [0.2, 0.25) is 0 Å². The minimum absolute atomic E-state index is 0.818. The Bertz CT molecular complexity index is 971. The fourth-order valence-electron chi connectivity index (χ4n) is 2.37. The number of rotatable bonds is 3. The third kappa shape index (κ3) is 2.87. The van der Waals surface area contributed by atoms with Crippen molar-refractivity contribution in [3.05, 3.63) is 84.4 Å². The Labute approximate surface area is 133 Å². The highest BCUT2D eigenvalue weighted by molar-refractivity contribution is 5.76. The van der Waals surface area contributed by atoms with Crippen molar-refractivity contribution in [2.45, 2.75) is 0 Å². The van der Waals surface area contributed by atoms with Crippen LogP contribution in [0.4, 0.5) is 0 Å². The molecule has 4 nitrogen and oxygen atoms in total. The number of hydrogen-bond acceptors (Lipinski definition) is 3. The van der Waals surface area contributed by atoms with Crippen LogP contribution in [0, 0.1) is 0 Å². The van der Waals surface area contributed by atoms with Gasteiger partial charge in [-0.25, -0.2) is 9.67 Å². The topological polar surface area (TPSA) is 43.6 Å². The van der Waals surface area contributed by atoms with Crippen molar-refractivity contribution >= 4 is 23.2 Å². The second-order valence-electron chi connectivity index (χ2n) is 5.14. The standard InChI is InChI=1S/C19H14N4/c1-2-6-17(7-3-1)23-13-12-15(22-23)10-11-16-14-20-18-8-4-5-9-19(18)21-16/h1-14H. The molecule has 0 bridgehead atoms. The van der Waals surface area contributed by atoms with Crippen molar-refractivity contribution in [3.8, 4) is 5.69 Å². The van der Waals surface area contributed by atoms with Gasteiger partial charge in [0.1, 0.15) is 0 Å². The summed E-state index contributed by atoms with van der Waals surface area (Å²) in [5.74, 6) is 0. The first-order valence-electron chi connectivity index (χ1n) is 7.39. The Hall–Kier alpha value is -3.27. The second-order valence-corrected chi connectivity index (χ2v) is 5.14. The minimum atomic E-state index is 0.818. The molecule has 2 aromatic heterocycles. The molecule has 0 fully saturated rings. The average molecular weight is 298 g/mol. The average Bonchev–Trinajstić information content (AvgIpc) is 3.10. The van der Waals surface area contributed by atoms with E-state index in [4.69, 9.17) is 0 Å². The Morgan fingerprint density at radius 1 is 0.739 bits per heavy atom. The van der Waals surface area contributed by atoms with Crippen LogP contribution < -0.4 is 0 Å². The van der Waals surface area contributed by atoms with Gasteiger partial charge in [-0.1, -0.05) is 30.3 Å². The van der Waals surface area contributed by atoms with E-state index in [1.165, 1.54) is 0 Å². The number of fused-ring (bicyclic) bond motifs is 1. The molecule has 4 rings (SSSR count). The smallest absolute Gasteiger partial charge is 0.0894 e. The maximum absolute atomic E-state index is 4.57. The molecule has 4 aromatic rings. The van der Waals surface area contributed by atoms with Crippen molar-refractivity contribution in [1.29, 1.82) is 0 Å². The summed E-state index contributed by atoms with van der Waals surface area (Å²) in [6.07, 6.45) is 7.59. The molecule has 4 heteroatoms. The Kier molecular flexibility index (Phi) is 3.41. The number of benzene rings is 2. The fraction of sp³-hybridized carbons (Fsp3) is 0. The molecule has 0 saturated heterocycles. The van der Waals surface area contributed by atoms with Crippen molar-refractivity contribution in [2.75, 3.05) is 0 Å². The van der Waals surface area contributed by atoms with Gasteiger partial charge in [0.2, 0.25) is 0 Å². The highest BCUT2D eigenvalue weighted by Gasteiger charge is 1.99. The van der Waals surface area contributed by atoms with Crippen LogP contribution in [0.25, 0.3) is 28.9 Å². The predicted molar refractivity (Wildman–Crippen MR) is 92.0 cm³/mol. The van der Waals surface area contributed by atoms with Crippen LogP contribution >= 0.6 is 0 Å². The van der Waals surface area contributed by atoms with Crippen LogP contribution in [0.3, 0.4) is 0 Å². The molecule has 2 aromatic carbocycles. The molecule has 2 heterocycles. The summed E-state index contributed by atoms with van der Waals surface area (Å²) >= 11 is 0. The van der Waals surface area contributed by atoms with Crippen LogP contribution in [-0.2, 0) is 0 Å². The van der Waals surface area contributed by atoms with E-state index in [0.29, 0.717) is 0 Å². The summed E-state index contributed by atoms with van der Waals surface area (Å²) in [6, 6.07) is 19.8. The van der Waals surface area contributed by atoms with Gasteiger partial charge in [0.05, 0.1) is 34.3 Å². The van der Waals surface area contributed by atoms with E-state index >= 15 is 0 Å². The lowest BCUT2D eigenvalue weighted by Crippen LogP contribution is -1.93. The van der Waals surface area contributed by atoms with Crippen molar-refractivity contribution in [1.82, 2.24) is 19.7 Å². The zero-order valence-corrected chi connectivity index (χ0v) is 12.4. The van der Waals surface area contributed by atoms with E-state index in [1.807, 2.05) is 83.7 Å². The van der Waals surface area contributed by atoms with E-state index in [0.717, 1.165) is 28.1 Å². The zero-order chi connectivity index (χ0) is 15.5. The quantitative estimate of drug-likeness (QED) is 0.574. The third-order valence-corrected chi connectivity index (χ3v) is 3.52. The lowest BCUT2D eigenvalue weighted by atomic mass is 10.3. The highest BCUT2D eigenvalue weighted by Crippen LogP contribution is 2.12. The molecule has 0 N–H and O–H groups in total. The molecule has 0 radical (unpaired) electrons. The Morgan fingerprint density at radius 3 is 2.35 bits per heavy atom. The summed E-state index contributed by atoms with van der Waals surface area (Å²) in [5, 5.41) is 4.54. The van der Waals surface area contributed by atoms with Gasteiger partial charge >= 0.3 is 0 Å². The lowest BCUT2D eigenvalue weighted by molar-refractivity contribution is 0.876. The van der Waals surface area contributed by atoms with Crippen molar-refractivity contribution in [3.63, 3.8) is 0 Å². The van der Waals surface area contributed by atoms with E-state index in [2.05, 4.69) is 15.1 Å². The SMILES string of the molecule is C(=Cc1ccn(-c2ccccc2)n1)c1cnc2ccccc2n1. The monoisotopic (exact) mass is 298 g/mol. The van der Waals surface area contributed by atoms with E-state index in [1.54, 1.807) is 6.20 Å². The number of hydrogen-bond donors (Lipinski definition) is 0. The van der Waals surface area contributed by atoms with Crippen LogP contribution in [0.5, 0.6) is 0 Å². The molecule has 0 unspecified atom stereocenters. The Morgan fingerprint density at radius 2 is 1.48 bits per heavy atom. The normalized spacial score (nSPS) is 11.3. The van der Waals surface area contributed by atoms with E-state index in [-0.39, 0.29) is 0 Å². The summed E-state index contributed by atoms with van der Waals surface area (Å²) in [7, 11) is 0. The molecular formula is C19H14N4. The summed E-state index contributed by atoms with van der Waals surface area (Å²) < 4.78 is 1.85. The van der Waals surface area contributed by atoms with Gasteiger partial charge in [-0.05, 0) is 42.5 Å². The molecular weight excluding hydrogens is 284 g/mol. The highest BCUT2D eigenvalue weighted by atomic mass is 15.3. The predicted octanol–water partition coefficient (Wildman–Crippen LogP) is 3.99. The first-order valence-corrected chi connectivity index (χ1v) is 7.39. The maximum Gasteiger partial charge on any atom is 0.0894 e. The van der Waals surface area contributed by atoms with Gasteiger partial charge < -0.3 is 0 Å². The van der Waals surface area contributed by atoms with Gasteiger partial charge in [-0.2, -0.15) is 5.10 Å². The molecule has 0 amide bonds. The molecule has 0 spiro atoms. The molecule has 0 aliphatic heterocycles. The van der Waals surface area contributed by atoms with Gasteiger partial charge in [-0.3, -0.25) is 4.98 Å². The zero-order valence-electron chi connectivity index (χ0n) is 12.4.